The molecule has 3 rings (SSSR count). The zero-order valence-corrected chi connectivity index (χ0v) is 17.9. The molecule has 31 heavy (non-hydrogen) atoms. The Balaban J connectivity index is 2.14. The van der Waals surface area contributed by atoms with Crippen molar-refractivity contribution in [3.8, 4) is 5.75 Å². The van der Waals surface area contributed by atoms with Gasteiger partial charge in [-0.05, 0) is 61.7 Å². The topological polar surface area (TPSA) is 76.1 Å². The largest absolute Gasteiger partial charge is 0.507 e. The Hall–Kier alpha value is -3.19. The van der Waals surface area contributed by atoms with Crippen molar-refractivity contribution in [1.82, 2.24) is 4.90 Å². The van der Waals surface area contributed by atoms with Crippen molar-refractivity contribution in [3.63, 3.8) is 0 Å². The summed E-state index contributed by atoms with van der Waals surface area (Å²) in [6.45, 7) is 4.60. The van der Waals surface area contributed by atoms with Crippen LogP contribution >= 0.6 is 0 Å². The molecule has 1 N–H and O–H groups in total. The summed E-state index contributed by atoms with van der Waals surface area (Å²) in [6, 6.07) is 10.4. The van der Waals surface area contributed by atoms with E-state index in [9.17, 15) is 19.1 Å². The average Bonchev–Trinajstić information content (AvgIpc) is 3.01. The van der Waals surface area contributed by atoms with E-state index in [1.54, 1.807) is 38.3 Å². The standard InChI is InChI=1S/C24H26FNO5/c1-4-31-18-8-5-7-16(14-18)21-20(22(27)17-9-10-19(25)15(2)13-17)23(28)24(29)26(21)11-6-12-30-3/h5,7-10,13-14,21,27H,4,6,11-12H2,1-3H3/b22-20-. The third-order valence-electron chi connectivity index (χ3n) is 5.20. The summed E-state index contributed by atoms with van der Waals surface area (Å²) in [7, 11) is 1.56. The molecule has 1 aliphatic heterocycles. The fourth-order valence-corrected chi connectivity index (χ4v) is 3.73. The van der Waals surface area contributed by atoms with Crippen LogP contribution in [-0.2, 0) is 14.3 Å². The number of benzene rings is 2. The van der Waals surface area contributed by atoms with Gasteiger partial charge in [-0.2, -0.15) is 0 Å². The molecular formula is C24H26FNO5. The Morgan fingerprint density at radius 1 is 1.19 bits per heavy atom. The lowest BCUT2D eigenvalue weighted by Gasteiger charge is -2.25. The van der Waals surface area contributed by atoms with E-state index in [4.69, 9.17) is 9.47 Å². The second-order valence-corrected chi connectivity index (χ2v) is 7.31. The van der Waals surface area contributed by atoms with Crippen LogP contribution in [0.15, 0.2) is 48.0 Å². The second-order valence-electron chi connectivity index (χ2n) is 7.31. The van der Waals surface area contributed by atoms with Crippen LogP contribution in [0.5, 0.6) is 5.75 Å². The lowest BCUT2D eigenvalue weighted by atomic mass is 9.94. The molecule has 1 heterocycles. The number of ketones is 1. The fraction of sp³-hybridized carbons (Fsp3) is 0.333. The number of amides is 1. The molecular weight excluding hydrogens is 401 g/mol. The van der Waals surface area contributed by atoms with Gasteiger partial charge in [0.05, 0.1) is 18.2 Å². The first kappa shape index (κ1) is 22.5. The number of ether oxygens (including phenoxy) is 2. The minimum absolute atomic E-state index is 0.0259. The van der Waals surface area contributed by atoms with E-state index in [1.807, 2.05) is 6.92 Å². The Morgan fingerprint density at radius 2 is 1.97 bits per heavy atom. The molecule has 0 saturated carbocycles. The van der Waals surface area contributed by atoms with E-state index in [2.05, 4.69) is 0 Å². The predicted octanol–water partition coefficient (Wildman–Crippen LogP) is 3.99. The maximum absolute atomic E-state index is 13.7. The Morgan fingerprint density at radius 3 is 2.65 bits per heavy atom. The lowest BCUT2D eigenvalue weighted by Crippen LogP contribution is -2.31. The molecule has 0 spiro atoms. The third-order valence-corrected chi connectivity index (χ3v) is 5.20. The van der Waals surface area contributed by atoms with Crippen molar-refractivity contribution < 1.29 is 28.6 Å². The Labute approximate surface area is 180 Å². The van der Waals surface area contributed by atoms with E-state index in [0.717, 1.165) is 0 Å². The van der Waals surface area contributed by atoms with Crippen molar-refractivity contribution in [1.29, 1.82) is 0 Å². The number of nitrogens with zero attached hydrogens (tertiary/aromatic N) is 1. The minimum atomic E-state index is -0.789. The van der Waals surface area contributed by atoms with Crippen molar-refractivity contribution in [2.75, 3.05) is 26.9 Å². The molecule has 1 fully saturated rings. The number of carbonyl (C=O) groups excluding carboxylic acids is 2. The smallest absolute Gasteiger partial charge is 0.295 e. The van der Waals surface area contributed by atoms with Crippen molar-refractivity contribution in [3.05, 3.63) is 70.5 Å². The summed E-state index contributed by atoms with van der Waals surface area (Å²) >= 11 is 0. The van der Waals surface area contributed by atoms with Gasteiger partial charge in [0.15, 0.2) is 0 Å². The van der Waals surface area contributed by atoms with Crippen molar-refractivity contribution >= 4 is 17.4 Å². The van der Waals surface area contributed by atoms with Crippen LogP contribution in [0.2, 0.25) is 0 Å². The minimum Gasteiger partial charge on any atom is -0.507 e. The lowest BCUT2D eigenvalue weighted by molar-refractivity contribution is -0.140. The highest BCUT2D eigenvalue weighted by Gasteiger charge is 2.45. The van der Waals surface area contributed by atoms with Gasteiger partial charge < -0.3 is 19.5 Å². The SMILES string of the molecule is CCOc1cccc(C2/C(=C(/O)c3ccc(F)c(C)c3)C(=O)C(=O)N2CCCOC)c1. The van der Waals surface area contributed by atoms with Gasteiger partial charge in [0.25, 0.3) is 11.7 Å². The zero-order chi connectivity index (χ0) is 22.5. The third kappa shape index (κ3) is 4.61. The summed E-state index contributed by atoms with van der Waals surface area (Å²) in [5, 5.41) is 11.0. The molecule has 6 nitrogen and oxygen atoms in total. The van der Waals surface area contributed by atoms with Gasteiger partial charge in [-0.3, -0.25) is 9.59 Å². The monoisotopic (exact) mass is 427 g/mol. The highest BCUT2D eigenvalue weighted by atomic mass is 19.1. The van der Waals surface area contributed by atoms with E-state index in [0.29, 0.717) is 36.5 Å². The van der Waals surface area contributed by atoms with Crippen LogP contribution in [0.3, 0.4) is 0 Å². The molecule has 1 aliphatic rings. The molecule has 1 amide bonds. The summed E-state index contributed by atoms with van der Waals surface area (Å²) in [6.07, 6.45) is 0.529. The highest BCUT2D eigenvalue weighted by Crippen LogP contribution is 2.40. The van der Waals surface area contributed by atoms with Crippen LogP contribution in [0.1, 0.15) is 36.1 Å². The van der Waals surface area contributed by atoms with E-state index >= 15 is 0 Å². The summed E-state index contributed by atoms with van der Waals surface area (Å²) in [5.41, 5.74) is 1.22. The van der Waals surface area contributed by atoms with Gasteiger partial charge in [0, 0.05) is 25.8 Å². The number of methoxy groups -OCH3 is 1. The van der Waals surface area contributed by atoms with Crippen LogP contribution < -0.4 is 4.74 Å². The molecule has 164 valence electrons. The molecule has 1 atom stereocenters. The molecule has 0 aromatic heterocycles. The molecule has 1 saturated heterocycles. The number of likely N-dealkylation sites (tertiary alicyclic amines) is 1. The quantitative estimate of drug-likeness (QED) is 0.298. The number of hydrogen-bond acceptors (Lipinski definition) is 5. The van der Waals surface area contributed by atoms with Crippen molar-refractivity contribution in [2.24, 2.45) is 0 Å². The number of aliphatic hydroxyl groups is 1. The first-order valence-corrected chi connectivity index (χ1v) is 10.2. The van der Waals surface area contributed by atoms with Gasteiger partial charge >= 0.3 is 0 Å². The summed E-state index contributed by atoms with van der Waals surface area (Å²) in [4.78, 5) is 27.3. The number of rotatable bonds is 8. The van der Waals surface area contributed by atoms with Crippen LogP contribution in [0.4, 0.5) is 4.39 Å². The summed E-state index contributed by atoms with van der Waals surface area (Å²) < 4.78 is 24.4. The van der Waals surface area contributed by atoms with Crippen LogP contribution in [-0.4, -0.2) is 48.6 Å². The first-order valence-electron chi connectivity index (χ1n) is 10.2. The molecule has 7 heteroatoms. The van der Waals surface area contributed by atoms with Gasteiger partial charge in [-0.1, -0.05) is 12.1 Å². The number of aryl methyl sites for hydroxylation is 1. The van der Waals surface area contributed by atoms with Gasteiger partial charge in [0.1, 0.15) is 17.3 Å². The first-order chi connectivity index (χ1) is 14.9. The van der Waals surface area contributed by atoms with Gasteiger partial charge in [-0.15, -0.1) is 0 Å². The number of carbonyl (C=O) groups is 2. The molecule has 2 aromatic carbocycles. The number of aliphatic hydroxyl groups excluding tert-OH is 1. The summed E-state index contributed by atoms with van der Waals surface area (Å²) in [5.74, 6) is -1.62. The van der Waals surface area contributed by atoms with E-state index < -0.39 is 23.5 Å². The van der Waals surface area contributed by atoms with E-state index in [1.165, 1.54) is 23.1 Å². The average molecular weight is 427 g/mol. The molecule has 0 aliphatic carbocycles. The van der Waals surface area contributed by atoms with E-state index in [-0.39, 0.29) is 23.4 Å². The highest BCUT2D eigenvalue weighted by molar-refractivity contribution is 6.46. The van der Waals surface area contributed by atoms with Gasteiger partial charge in [-0.25, -0.2) is 4.39 Å². The maximum atomic E-state index is 13.7. The number of hydrogen-bond donors (Lipinski definition) is 1. The Kier molecular flexibility index (Phi) is 7.07. The fourth-order valence-electron chi connectivity index (χ4n) is 3.73. The molecule has 0 bridgehead atoms. The number of halogens is 1. The number of Topliss-reactive ketones (excluding diaryl/α,β-unsaturated/α-hetero) is 1. The van der Waals surface area contributed by atoms with Crippen LogP contribution in [0.25, 0.3) is 5.76 Å². The molecule has 1 unspecified atom stereocenters. The normalized spacial score (nSPS) is 17.9. The van der Waals surface area contributed by atoms with Gasteiger partial charge in [0.2, 0.25) is 0 Å². The van der Waals surface area contributed by atoms with Crippen LogP contribution in [0, 0.1) is 12.7 Å². The molecule has 2 aromatic rings. The maximum Gasteiger partial charge on any atom is 0.295 e. The Bertz CT molecular complexity index is 1020. The van der Waals surface area contributed by atoms with Crippen molar-refractivity contribution in [2.45, 2.75) is 26.3 Å². The second kappa shape index (κ2) is 9.75. The zero-order valence-electron chi connectivity index (χ0n) is 17.9. The molecule has 0 radical (unpaired) electrons. The predicted molar refractivity (Wildman–Crippen MR) is 114 cm³/mol.